The van der Waals surface area contributed by atoms with Gasteiger partial charge in [-0.2, -0.15) is 0 Å². The Morgan fingerprint density at radius 2 is 1.47 bits per heavy atom. The smallest absolute Gasteiger partial charge is 0.239 e. The van der Waals surface area contributed by atoms with Gasteiger partial charge < -0.3 is 4.74 Å². The first-order valence-corrected chi connectivity index (χ1v) is 11.9. The number of hydrogen-bond acceptors (Lipinski definition) is 3. The highest BCUT2D eigenvalue weighted by molar-refractivity contribution is 9.09. The zero-order valence-electron chi connectivity index (χ0n) is 17.6. The highest BCUT2D eigenvalue weighted by atomic mass is 79.9. The molecule has 5 heteroatoms. The van der Waals surface area contributed by atoms with E-state index in [9.17, 15) is 9.59 Å². The van der Waals surface area contributed by atoms with Crippen LogP contribution in [0, 0.1) is 11.8 Å². The molecular weight excluding hydrogens is 466 g/mol. The van der Waals surface area contributed by atoms with E-state index < -0.39 is 16.2 Å². The summed E-state index contributed by atoms with van der Waals surface area (Å²) in [5, 5.41) is 0. The Kier molecular flexibility index (Phi) is 4.34. The fraction of sp³-hybridized carbons (Fsp3) is 0.259. The first-order chi connectivity index (χ1) is 15.6. The summed E-state index contributed by atoms with van der Waals surface area (Å²) in [6.07, 6.45) is 0.846. The molecule has 160 valence electrons. The fourth-order valence-corrected chi connectivity index (χ4v) is 7.10. The van der Waals surface area contributed by atoms with Crippen molar-refractivity contribution in [3.8, 4) is 5.75 Å². The van der Waals surface area contributed by atoms with Gasteiger partial charge in [-0.3, -0.25) is 9.59 Å². The van der Waals surface area contributed by atoms with Crippen LogP contribution in [0.5, 0.6) is 5.75 Å². The summed E-state index contributed by atoms with van der Waals surface area (Å²) in [4.78, 5) is 29.3. The third-order valence-electron chi connectivity index (χ3n) is 7.08. The zero-order chi connectivity index (χ0) is 22.0. The number of carbonyl (C=O) groups is 2. The van der Waals surface area contributed by atoms with E-state index in [0.717, 1.165) is 28.7 Å². The maximum Gasteiger partial charge on any atom is 0.239 e. The first-order valence-electron chi connectivity index (χ1n) is 11.1. The predicted molar refractivity (Wildman–Crippen MR) is 126 cm³/mol. The van der Waals surface area contributed by atoms with Crippen molar-refractivity contribution >= 4 is 33.4 Å². The van der Waals surface area contributed by atoms with Crippen LogP contribution in [0.15, 0.2) is 72.8 Å². The maximum absolute atomic E-state index is 14.0. The molecule has 0 N–H and O–H groups in total. The number of amides is 2. The highest BCUT2D eigenvalue weighted by Crippen LogP contribution is 2.66. The van der Waals surface area contributed by atoms with Crippen molar-refractivity contribution in [3.63, 3.8) is 0 Å². The van der Waals surface area contributed by atoms with E-state index >= 15 is 0 Å². The van der Waals surface area contributed by atoms with Crippen LogP contribution in [-0.4, -0.2) is 18.4 Å². The molecule has 2 atom stereocenters. The van der Waals surface area contributed by atoms with Crippen LogP contribution in [0.3, 0.4) is 0 Å². The topological polar surface area (TPSA) is 46.6 Å². The number of imide groups is 1. The summed E-state index contributed by atoms with van der Waals surface area (Å²) in [7, 11) is 0. The lowest BCUT2D eigenvalue weighted by molar-refractivity contribution is -0.122. The third kappa shape index (κ3) is 2.37. The Bertz CT molecular complexity index is 1220. The van der Waals surface area contributed by atoms with Crippen LogP contribution in [0.25, 0.3) is 0 Å². The molecular formula is C27H22BrNO3. The summed E-state index contributed by atoms with van der Waals surface area (Å²) in [6.45, 7) is 2.56. The summed E-state index contributed by atoms with van der Waals surface area (Å²) in [6, 6.07) is 23.8. The van der Waals surface area contributed by atoms with Crippen LogP contribution >= 0.6 is 15.9 Å². The molecule has 2 bridgehead atoms. The molecule has 0 aromatic heterocycles. The van der Waals surface area contributed by atoms with Crippen molar-refractivity contribution in [1.29, 1.82) is 0 Å². The zero-order valence-corrected chi connectivity index (χ0v) is 19.2. The molecule has 0 spiro atoms. The van der Waals surface area contributed by atoms with Gasteiger partial charge in [0.15, 0.2) is 0 Å². The molecule has 2 unspecified atom stereocenters. The second-order valence-electron chi connectivity index (χ2n) is 8.70. The van der Waals surface area contributed by atoms with E-state index in [0.29, 0.717) is 18.0 Å². The van der Waals surface area contributed by atoms with Gasteiger partial charge in [-0.25, -0.2) is 4.90 Å². The lowest BCUT2D eigenvalue weighted by Gasteiger charge is -2.51. The second kappa shape index (κ2) is 7.04. The number of ether oxygens (including phenoxy) is 1. The maximum atomic E-state index is 14.0. The van der Waals surface area contributed by atoms with Gasteiger partial charge in [0.2, 0.25) is 11.8 Å². The number of para-hydroxylation sites is 2. The Morgan fingerprint density at radius 3 is 2.12 bits per heavy atom. The monoisotopic (exact) mass is 487 g/mol. The summed E-state index contributed by atoms with van der Waals surface area (Å²) >= 11 is 4.03. The van der Waals surface area contributed by atoms with Crippen LogP contribution in [0.4, 0.5) is 5.69 Å². The van der Waals surface area contributed by atoms with Crippen molar-refractivity contribution in [2.75, 3.05) is 11.5 Å². The van der Waals surface area contributed by atoms with Crippen molar-refractivity contribution in [3.05, 3.63) is 95.1 Å². The van der Waals surface area contributed by atoms with Gasteiger partial charge in [-0.1, -0.05) is 83.5 Å². The van der Waals surface area contributed by atoms with Crippen molar-refractivity contribution < 1.29 is 14.3 Å². The summed E-state index contributed by atoms with van der Waals surface area (Å²) in [5.41, 5.74) is 4.96. The summed E-state index contributed by atoms with van der Waals surface area (Å²) < 4.78 is 5.17. The molecule has 4 aliphatic rings. The minimum absolute atomic E-state index is 0.142. The van der Waals surface area contributed by atoms with Crippen LogP contribution in [-0.2, 0) is 13.9 Å². The van der Waals surface area contributed by atoms with Crippen molar-refractivity contribution in [2.24, 2.45) is 11.8 Å². The van der Waals surface area contributed by atoms with Crippen LogP contribution in [0.1, 0.15) is 41.5 Å². The number of rotatable bonds is 4. The van der Waals surface area contributed by atoms with Crippen LogP contribution in [0.2, 0.25) is 0 Å². The number of alkyl halides is 1. The Labute approximate surface area is 195 Å². The molecule has 0 saturated carbocycles. The van der Waals surface area contributed by atoms with Gasteiger partial charge in [0.1, 0.15) is 5.75 Å². The number of carbonyl (C=O) groups excluding carboxylic acids is 2. The van der Waals surface area contributed by atoms with E-state index in [2.05, 4.69) is 40.2 Å². The van der Waals surface area contributed by atoms with Gasteiger partial charge in [0.25, 0.3) is 0 Å². The van der Waals surface area contributed by atoms with E-state index in [-0.39, 0.29) is 17.7 Å². The molecule has 0 radical (unpaired) electrons. The largest absolute Gasteiger partial charge is 0.491 e. The fourth-order valence-electron chi connectivity index (χ4n) is 5.89. The Hall–Kier alpha value is -2.92. The molecule has 1 saturated heterocycles. The van der Waals surface area contributed by atoms with E-state index in [1.807, 2.05) is 49.4 Å². The molecule has 3 aliphatic carbocycles. The average molecular weight is 488 g/mol. The van der Waals surface area contributed by atoms with Crippen LogP contribution < -0.4 is 9.64 Å². The summed E-state index contributed by atoms with van der Waals surface area (Å²) in [5.74, 6) is -0.851. The van der Waals surface area contributed by atoms with E-state index in [1.165, 1.54) is 4.90 Å². The van der Waals surface area contributed by atoms with E-state index in [1.54, 1.807) is 6.07 Å². The average Bonchev–Trinajstić information content (AvgIpc) is 3.09. The standard InChI is InChI=1S/C27H22BrNO3/c1-2-15-32-21-14-8-7-13-20(21)29-25(30)23-22-16-9-3-5-11-18(16)27(28,24(23)26(29)31)19-12-6-4-10-17(19)22/h3-14,22-24H,2,15H2,1H3. The van der Waals surface area contributed by atoms with Gasteiger partial charge in [0, 0.05) is 5.92 Å². The normalized spacial score (nSPS) is 27.2. The number of benzene rings is 3. The Balaban J connectivity index is 1.55. The highest BCUT2D eigenvalue weighted by Gasteiger charge is 2.67. The lowest BCUT2D eigenvalue weighted by Crippen LogP contribution is -2.50. The molecule has 1 heterocycles. The molecule has 7 rings (SSSR count). The molecule has 1 fully saturated rings. The lowest BCUT2D eigenvalue weighted by atomic mass is 9.55. The molecule has 3 aromatic rings. The molecule has 4 nitrogen and oxygen atoms in total. The molecule has 1 aliphatic heterocycles. The Morgan fingerprint density at radius 1 is 0.875 bits per heavy atom. The molecule has 32 heavy (non-hydrogen) atoms. The minimum atomic E-state index is -0.736. The first kappa shape index (κ1) is 19.7. The van der Waals surface area contributed by atoms with Crippen molar-refractivity contribution in [1.82, 2.24) is 0 Å². The molecule has 2 amide bonds. The SMILES string of the molecule is CCCOc1ccccc1N1C(=O)C2C3c4ccccc4C(Br)(c4ccccc43)C2C1=O. The quantitative estimate of drug-likeness (QED) is 0.366. The molecule has 3 aromatic carbocycles. The van der Waals surface area contributed by atoms with Gasteiger partial charge >= 0.3 is 0 Å². The third-order valence-corrected chi connectivity index (χ3v) is 8.43. The van der Waals surface area contributed by atoms with Gasteiger partial charge in [0.05, 0.1) is 28.5 Å². The second-order valence-corrected chi connectivity index (χ2v) is 9.95. The number of hydrogen-bond donors (Lipinski definition) is 0. The minimum Gasteiger partial charge on any atom is -0.491 e. The predicted octanol–water partition coefficient (Wildman–Crippen LogP) is 5.38. The van der Waals surface area contributed by atoms with Gasteiger partial charge in [-0.05, 0) is 40.8 Å². The number of halogens is 1. The number of nitrogens with zero attached hydrogens (tertiary/aromatic N) is 1. The van der Waals surface area contributed by atoms with E-state index in [4.69, 9.17) is 4.74 Å². The van der Waals surface area contributed by atoms with Crippen molar-refractivity contribution in [2.45, 2.75) is 23.6 Å². The van der Waals surface area contributed by atoms with Gasteiger partial charge in [-0.15, -0.1) is 0 Å². The number of anilines is 1.